The zero-order chi connectivity index (χ0) is 13.3. The van der Waals surface area contributed by atoms with Crippen LogP contribution in [-0.4, -0.2) is 10.9 Å². The number of nitrogens with zero attached hydrogens (tertiary/aromatic N) is 1. The van der Waals surface area contributed by atoms with Gasteiger partial charge in [0, 0.05) is 0 Å². The van der Waals surface area contributed by atoms with E-state index in [-0.39, 0.29) is 21.3 Å². The van der Waals surface area contributed by atoms with E-state index in [9.17, 15) is 4.79 Å². The maximum atomic E-state index is 11.8. The van der Waals surface area contributed by atoms with Crippen LogP contribution in [0.4, 0.5) is 5.69 Å². The molecule has 0 atom stereocenters. The predicted octanol–water partition coefficient (Wildman–Crippen LogP) is 4.20. The predicted molar refractivity (Wildman–Crippen MR) is 70.7 cm³/mol. The van der Waals surface area contributed by atoms with Gasteiger partial charge in [0.1, 0.15) is 5.15 Å². The molecule has 0 aliphatic rings. The Bertz CT molecular complexity index is 587. The summed E-state index contributed by atoms with van der Waals surface area (Å²) >= 11 is 17.2. The standard InChI is InChI=1S/C11H7Cl3N2O2/c1-5-4-7(12)15-10(14)9(5)16-11(17)6-2-3-8(13)18-6/h2-4H,1H3,(H,16,17). The van der Waals surface area contributed by atoms with Gasteiger partial charge in [0.2, 0.25) is 0 Å². The van der Waals surface area contributed by atoms with Crippen LogP contribution in [0.2, 0.25) is 15.5 Å². The van der Waals surface area contributed by atoms with Crippen LogP contribution in [0.5, 0.6) is 0 Å². The van der Waals surface area contributed by atoms with E-state index in [0.717, 1.165) is 0 Å². The highest BCUT2D eigenvalue weighted by atomic mass is 35.5. The number of carbonyl (C=O) groups excluding carboxylic acids is 1. The second-order valence-corrected chi connectivity index (χ2v) is 4.60. The molecular weight excluding hydrogens is 298 g/mol. The molecule has 0 fully saturated rings. The number of nitrogens with one attached hydrogen (secondary N) is 1. The molecule has 0 spiro atoms. The molecule has 0 unspecified atom stereocenters. The van der Waals surface area contributed by atoms with Crippen molar-refractivity contribution in [2.75, 3.05) is 5.32 Å². The number of amides is 1. The number of rotatable bonds is 2. The van der Waals surface area contributed by atoms with Gasteiger partial charge in [-0.3, -0.25) is 4.79 Å². The van der Waals surface area contributed by atoms with Gasteiger partial charge < -0.3 is 9.73 Å². The first-order chi connectivity index (χ1) is 8.47. The normalized spacial score (nSPS) is 10.4. The fraction of sp³-hybridized carbons (Fsp3) is 0.0909. The summed E-state index contributed by atoms with van der Waals surface area (Å²) in [6, 6.07) is 4.54. The van der Waals surface area contributed by atoms with Crippen LogP contribution in [-0.2, 0) is 0 Å². The summed E-state index contributed by atoms with van der Waals surface area (Å²) < 4.78 is 4.98. The molecule has 1 amide bonds. The summed E-state index contributed by atoms with van der Waals surface area (Å²) in [7, 11) is 0. The molecule has 7 heteroatoms. The van der Waals surface area contributed by atoms with Gasteiger partial charge in [-0.15, -0.1) is 0 Å². The van der Waals surface area contributed by atoms with Gasteiger partial charge in [-0.25, -0.2) is 4.98 Å². The van der Waals surface area contributed by atoms with Gasteiger partial charge in [-0.05, 0) is 42.3 Å². The maximum absolute atomic E-state index is 11.8. The third-order valence-corrected chi connectivity index (χ3v) is 2.85. The van der Waals surface area contributed by atoms with Crippen molar-refractivity contribution in [2.24, 2.45) is 0 Å². The molecule has 0 bridgehead atoms. The quantitative estimate of drug-likeness (QED) is 0.846. The number of carbonyl (C=O) groups is 1. The molecule has 4 nitrogen and oxygen atoms in total. The van der Waals surface area contributed by atoms with Crippen molar-refractivity contribution < 1.29 is 9.21 Å². The Morgan fingerprint density at radius 1 is 1.33 bits per heavy atom. The van der Waals surface area contributed by atoms with Crippen LogP contribution in [0.15, 0.2) is 22.6 Å². The highest BCUT2D eigenvalue weighted by Gasteiger charge is 2.15. The smallest absolute Gasteiger partial charge is 0.291 e. The summed E-state index contributed by atoms with van der Waals surface area (Å²) in [5.41, 5.74) is 1.09. The number of aromatic nitrogens is 1. The Hall–Kier alpha value is -1.23. The van der Waals surface area contributed by atoms with Crippen molar-refractivity contribution in [1.82, 2.24) is 4.98 Å². The molecule has 2 aromatic heterocycles. The van der Waals surface area contributed by atoms with E-state index in [0.29, 0.717) is 11.3 Å². The van der Waals surface area contributed by atoms with Gasteiger partial charge in [-0.2, -0.15) is 0 Å². The summed E-state index contributed by atoms with van der Waals surface area (Å²) in [5.74, 6) is -0.374. The first-order valence-electron chi connectivity index (χ1n) is 4.86. The minimum atomic E-state index is -0.462. The van der Waals surface area contributed by atoms with E-state index < -0.39 is 5.91 Å². The topological polar surface area (TPSA) is 55.1 Å². The van der Waals surface area contributed by atoms with Crippen LogP contribution in [0, 0.1) is 6.92 Å². The van der Waals surface area contributed by atoms with Crippen molar-refractivity contribution in [3.8, 4) is 0 Å². The molecule has 0 radical (unpaired) electrons. The van der Waals surface area contributed by atoms with Gasteiger partial charge >= 0.3 is 0 Å². The highest BCUT2D eigenvalue weighted by Crippen LogP contribution is 2.27. The zero-order valence-electron chi connectivity index (χ0n) is 9.13. The van der Waals surface area contributed by atoms with E-state index in [1.54, 1.807) is 13.0 Å². The van der Waals surface area contributed by atoms with Crippen LogP contribution >= 0.6 is 34.8 Å². The minimum Gasteiger partial charge on any atom is -0.440 e. The van der Waals surface area contributed by atoms with E-state index in [2.05, 4.69) is 10.3 Å². The van der Waals surface area contributed by atoms with Gasteiger partial charge in [0.25, 0.3) is 5.91 Å². The molecule has 18 heavy (non-hydrogen) atoms. The molecule has 2 heterocycles. The lowest BCUT2D eigenvalue weighted by Crippen LogP contribution is -2.12. The average Bonchev–Trinajstić information content (AvgIpc) is 2.70. The van der Waals surface area contributed by atoms with Crippen LogP contribution in [0.25, 0.3) is 0 Å². The zero-order valence-corrected chi connectivity index (χ0v) is 11.4. The number of pyridine rings is 1. The van der Waals surface area contributed by atoms with Crippen LogP contribution in [0.1, 0.15) is 16.1 Å². The number of halogens is 3. The van der Waals surface area contributed by atoms with Crippen molar-refractivity contribution >= 4 is 46.4 Å². The van der Waals surface area contributed by atoms with E-state index in [1.807, 2.05) is 0 Å². The first kappa shape index (κ1) is 13.2. The van der Waals surface area contributed by atoms with E-state index in [1.165, 1.54) is 12.1 Å². The molecule has 0 aliphatic carbocycles. The average molecular weight is 306 g/mol. The number of furan rings is 1. The lowest BCUT2D eigenvalue weighted by Gasteiger charge is -2.08. The van der Waals surface area contributed by atoms with Crippen molar-refractivity contribution in [3.63, 3.8) is 0 Å². The number of hydrogen-bond donors (Lipinski definition) is 1. The van der Waals surface area contributed by atoms with Crippen LogP contribution < -0.4 is 5.32 Å². The third kappa shape index (κ3) is 2.77. The summed E-state index contributed by atoms with van der Waals surface area (Å²) in [6.45, 7) is 1.75. The van der Waals surface area contributed by atoms with Gasteiger partial charge in [-0.1, -0.05) is 23.2 Å². The number of aryl methyl sites for hydroxylation is 1. The summed E-state index contributed by atoms with van der Waals surface area (Å²) in [4.78, 5) is 15.7. The molecule has 0 aliphatic heterocycles. The van der Waals surface area contributed by atoms with Crippen LogP contribution in [0.3, 0.4) is 0 Å². The van der Waals surface area contributed by atoms with Crippen molar-refractivity contribution in [1.29, 1.82) is 0 Å². The SMILES string of the molecule is Cc1cc(Cl)nc(Cl)c1NC(=O)c1ccc(Cl)o1. The molecule has 2 aromatic rings. The van der Waals surface area contributed by atoms with Crippen molar-refractivity contribution in [2.45, 2.75) is 6.92 Å². The summed E-state index contributed by atoms with van der Waals surface area (Å²) in [6.07, 6.45) is 0. The Labute approximate surface area is 118 Å². The first-order valence-corrected chi connectivity index (χ1v) is 6.00. The largest absolute Gasteiger partial charge is 0.440 e. The second kappa shape index (κ2) is 5.18. The number of hydrogen-bond acceptors (Lipinski definition) is 3. The monoisotopic (exact) mass is 304 g/mol. The molecule has 0 aromatic carbocycles. The van der Waals surface area contributed by atoms with Crippen molar-refractivity contribution in [3.05, 3.63) is 45.0 Å². The molecule has 2 rings (SSSR count). The third-order valence-electron chi connectivity index (χ3n) is 2.18. The molecular formula is C11H7Cl3N2O2. The second-order valence-electron chi connectivity index (χ2n) is 3.49. The van der Waals surface area contributed by atoms with Gasteiger partial charge in [0.15, 0.2) is 16.1 Å². The molecule has 1 N–H and O–H groups in total. The Balaban J connectivity index is 2.27. The Morgan fingerprint density at radius 3 is 2.61 bits per heavy atom. The highest BCUT2D eigenvalue weighted by molar-refractivity contribution is 6.35. The molecule has 0 saturated carbocycles. The Kier molecular flexibility index (Phi) is 3.80. The van der Waals surface area contributed by atoms with E-state index >= 15 is 0 Å². The minimum absolute atomic E-state index is 0.0883. The summed E-state index contributed by atoms with van der Waals surface area (Å²) in [5, 5.41) is 3.10. The lowest BCUT2D eigenvalue weighted by molar-refractivity contribution is 0.0996. The fourth-order valence-electron chi connectivity index (χ4n) is 1.36. The fourth-order valence-corrected chi connectivity index (χ4v) is 2.08. The lowest BCUT2D eigenvalue weighted by atomic mass is 10.2. The molecule has 94 valence electrons. The Morgan fingerprint density at radius 2 is 2.06 bits per heavy atom. The number of anilines is 1. The maximum Gasteiger partial charge on any atom is 0.291 e. The van der Waals surface area contributed by atoms with E-state index in [4.69, 9.17) is 39.2 Å². The van der Waals surface area contributed by atoms with Gasteiger partial charge in [0.05, 0.1) is 5.69 Å². The molecule has 0 saturated heterocycles.